The number of ether oxygens (including phenoxy) is 1. The summed E-state index contributed by atoms with van der Waals surface area (Å²) >= 11 is 0. The first-order valence-electron chi connectivity index (χ1n) is 11.9. The number of nitrogens with one attached hydrogen (secondary N) is 1. The number of morpholine rings is 1. The number of amides is 1. The zero-order chi connectivity index (χ0) is 20.5. The molecule has 2 bridgehead atoms. The molecule has 1 N–H and O–H groups in total. The fourth-order valence-electron chi connectivity index (χ4n) is 5.75. The van der Waals surface area contributed by atoms with Crippen LogP contribution >= 0.6 is 0 Å². The molecule has 2 aliphatic heterocycles. The fraction of sp³-hybridized carbons (Fsp3) is 0.667. The van der Waals surface area contributed by atoms with Crippen molar-refractivity contribution in [2.75, 3.05) is 19.8 Å². The third-order valence-electron chi connectivity index (χ3n) is 7.28. The van der Waals surface area contributed by atoms with E-state index >= 15 is 0 Å². The lowest BCUT2D eigenvalue weighted by molar-refractivity contribution is -0.0802. The highest BCUT2D eigenvalue weighted by Gasteiger charge is 2.39. The first-order chi connectivity index (χ1) is 14.7. The van der Waals surface area contributed by atoms with Gasteiger partial charge in [0.15, 0.2) is 5.69 Å². The number of nitrogens with zero attached hydrogens (tertiary/aromatic N) is 3. The fourth-order valence-corrected chi connectivity index (χ4v) is 5.75. The Balaban J connectivity index is 1.33. The van der Waals surface area contributed by atoms with Gasteiger partial charge in [-0.05, 0) is 44.7 Å². The number of aromatic nitrogens is 2. The average Bonchev–Trinajstić information content (AvgIpc) is 3.40. The van der Waals surface area contributed by atoms with E-state index in [2.05, 4.69) is 27.9 Å². The SMILES string of the molecule is CCCCN1[C@@H]2COC[C@H]1C[C@@H](NC(=O)c1nn(C3CCCC3)c3ccccc13)C2. The minimum Gasteiger partial charge on any atom is -0.378 e. The summed E-state index contributed by atoms with van der Waals surface area (Å²) in [7, 11) is 0. The van der Waals surface area contributed by atoms with Crippen LogP contribution in [-0.4, -0.2) is 58.5 Å². The number of carbonyl (C=O) groups is 1. The number of piperidine rings is 1. The Bertz CT molecular complexity index is 874. The summed E-state index contributed by atoms with van der Waals surface area (Å²) in [6, 6.07) is 9.66. The van der Waals surface area contributed by atoms with Gasteiger partial charge in [0.1, 0.15) is 0 Å². The van der Waals surface area contributed by atoms with Crippen LogP contribution in [0.25, 0.3) is 10.9 Å². The molecule has 0 unspecified atom stereocenters. The Morgan fingerprint density at radius 1 is 1.13 bits per heavy atom. The van der Waals surface area contributed by atoms with Crippen molar-refractivity contribution < 1.29 is 9.53 Å². The molecule has 3 atom stereocenters. The van der Waals surface area contributed by atoms with Gasteiger partial charge in [-0.15, -0.1) is 0 Å². The van der Waals surface area contributed by atoms with Gasteiger partial charge in [-0.3, -0.25) is 14.4 Å². The normalized spacial score (nSPS) is 27.6. The third kappa shape index (κ3) is 3.76. The van der Waals surface area contributed by atoms with E-state index in [4.69, 9.17) is 9.84 Å². The summed E-state index contributed by atoms with van der Waals surface area (Å²) in [5.74, 6) is -0.0195. The van der Waals surface area contributed by atoms with Gasteiger partial charge in [0.05, 0.1) is 24.8 Å². The zero-order valence-corrected chi connectivity index (χ0v) is 18.1. The first kappa shape index (κ1) is 20.0. The molecule has 1 aromatic carbocycles. The second-order valence-electron chi connectivity index (χ2n) is 9.33. The maximum atomic E-state index is 13.3. The highest BCUT2D eigenvalue weighted by atomic mass is 16.5. The van der Waals surface area contributed by atoms with E-state index in [0.717, 1.165) is 56.3 Å². The Hall–Kier alpha value is -1.92. The number of hydrogen-bond acceptors (Lipinski definition) is 4. The number of carbonyl (C=O) groups excluding carboxylic acids is 1. The van der Waals surface area contributed by atoms with Crippen molar-refractivity contribution in [1.82, 2.24) is 20.0 Å². The van der Waals surface area contributed by atoms with Crippen LogP contribution in [0.3, 0.4) is 0 Å². The van der Waals surface area contributed by atoms with E-state index in [0.29, 0.717) is 23.8 Å². The van der Waals surface area contributed by atoms with Crippen LogP contribution in [0, 0.1) is 0 Å². The minimum atomic E-state index is -0.0195. The predicted molar refractivity (Wildman–Crippen MR) is 118 cm³/mol. The number of hydrogen-bond donors (Lipinski definition) is 1. The second kappa shape index (κ2) is 8.67. The third-order valence-corrected chi connectivity index (χ3v) is 7.28. The Labute approximate surface area is 178 Å². The molecule has 0 radical (unpaired) electrons. The molecule has 1 aromatic heterocycles. The van der Waals surface area contributed by atoms with Gasteiger partial charge in [0, 0.05) is 23.5 Å². The standard InChI is InChI=1S/C24H34N4O2/c1-2-3-12-27-19-13-17(14-20(27)16-30-15-19)25-24(29)23-21-10-6-7-11-22(21)28(26-23)18-8-4-5-9-18/h6-7,10-11,17-20H,2-5,8-9,12-16H2,1H3,(H,25,29)/t17-,19-,20+. The number of unbranched alkanes of at least 4 members (excludes halogenated alkanes) is 1. The zero-order valence-electron chi connectivity index (χ0n) is 18.1. The van der Waals surface area contributed by atoms with E-state index in [1.165, 1.54) is 25.7 Å². The number of fused-ring (bicyclic) bond motifs is 3. The van der Waals surface area contributed by atoms with Crippen molar-refractivity contribution in [1.29, 1.82) is 0 Å². The van der Waals surface area contributed by atoms with Crippen molar-refractivity contribution in [2.45, 2.75) is 82.5 Å². The second-order valence-corrected chi connectivity index (χ2v) is 9.33. The maximum Gasteiger partial charge on any atom is 0.272 e. The Morgan fingerprint density at radius 2 is 1.87 bits per heavy atom. The monoisotopic (exact) mass is 410 g/mol. The molecule has 6 heteroatoms. The van der Waals surface area contributed by atoms with Gasteiger partial charge in [-0.2, -0.15) is 5.10 Å². The Morgan fingerprint density at radius 3 is 2.60 bits per heavy atom. The van der Waals surface area contributed by atoms with Gasteiger partial charge < -0.3 is 10.1 Å². The summed E-state index contributed by atoms with van der Waals surface area (Å²) in [5.41, 5.74) is 1.68. The van der Waals surface area contributed by atoms with Crippen LogP contribution < -0.4 is 5.32 Å². The van der Waals surface area contributed by atoms with Crippen molar-refractivity contribution in [3.05, 3.63) is 30.0 Å². The molecule has 0 spiro atoms. The maximum absolute atomic E-state index is 13.3. The number of benzene rings is 1. The Kier molecular flexibility index (Phi) is 5.79. The van der Waals surface area contributed by atoms with E-state index in [1.54, 1.807) is 0 Å². The minimum absolute atomic E-state index is 0.0195. The molecular formula is C24H34N4O2. The molecule has 3 fully saturated rings. The highest BCUT2D eigenvalue weighted by Crippen LogP contribution is 2.33. The van der Waals surface area contributed by atoms with Crippen molar-refractivity contribution in [3.63, 3.8) is 0 Å². The van der Waals surface area contributed by atoms with Gasteiger partial charge in [0.2, 0.25) is 0 Å². The molecule has 1 amide bonds. The lowest BCUT2D eigenvalue weighted by Gasteiger charge is -2.48. The van der Waals surface area contributed by atoms with Crippen LogP contribution in [0.5, 0.6) is 0 Å². The lowest BCUT2D eigenvalue weighted by atomic mass is 9.89. The molecular weight excluding hydrogens is 376 g/mol. The van der Waals surface area contributed by atoms with E-state index < -0.39 is 0 Å². The van der Waals surface area contributed by atoms with Gasteiger partial charge in [-0.1, -0.05) is 44.4 Å². The molecule has 5 rings (SSSR count). The molecule has 1 aliphatic carbocycles. The first-order valence-corrected chi connectivity index (χ1v) is 11.9. The van der Waals surface area contributed by atoms with E-state index in [9.17, 15) is 4.79 Å². The molecule has 3 heterocycles. The van der Waals surface area contributed by atoms with Crippen molar-refractivity contribution in [2.24, 2.45) is 0 Å². The summed E-state index contributed by atoms with van der Waals surface area (Å²) in [4.78, 5) is 15.9. The summed E-state index contributed by atoms with van der Waals surface area (Å²) < 4.78 is 7.95. The topological polar surface area (TPSA) is 59.4 Å². The summed E-state index contributed by atoms with van der Waals surface area (Å²) in [5, 5.41) is 9.15. The molecule has 3 aliphatic rings. The summed E-state index contributed by atoms with van der Waals surface area (Å²) in [6.45, 7) is 4.96. The van der Waals surface area contributed by atoms with Crippen LogP contribution in [0.2, 0.25) is 0 Å². The molecule has 1 saturated carbocycles. The van der Waals surface area contributed by atoms with E-state index in [1.807, 2.05) is 18.2 Å². The lowest BCUT2D eigenvalue weighted by Crippen LogP contribution is -2.60. The molecule has 162 valence electrons. The van der Waals surface area contributed by atoms with Gasteiger partial charge in [0.25, 0.3) is 5.91 Å². The average molecular weight is 411 g/mol. The predicted octanol–water partition coefficient (Wildman–Crippen LogP) is 3.91. The number of rotatable bonds is 6. The highest BCUT2D eigenvalue weighted by molar-refractivity contribution is 6.05. The quantitative estimate of drug-likeness (QED) is 0.784. The largest absolute Gasteiger partial charge is 0.378 e. The van der Waals surface area contributed by atoms with Crippen LogP contribution in [0.1, 0.15) is 74.8 Å². The smallest absolute Gasteiger partial charge is 0.272 e. The molecule has 6 nitrogen and oxygen atoms in total. The van der Waals surface area contributed by atoms with E-state index in [-0.39, 0.29) is 11.9 Å². The van der Waals surface area contributed by atoms with Crippen molar-refractivity contribution >= 4 is 16.8 Å². The van der Waals surface area contributed by atoms with Crippen LogP contribution in [0.15, 0.2) is 24.3 Å². The van der Waals surface area contributed by atoms with Gasteiger partial charge in [-0.25, -0.2) is 0 Å². The molecule has 2 aromatic rings. The molecule has 2 saturated heterocycles. The number of para-hydroxylation sites is 1. The van der Waals surface area contributed by atoms with Gasteiger partial charge >= 0.3 is 0 Å². The molecule has 30 heavy (non-hydrogen) atoms. The van der Waals surface area contributed by atoms with Crippen LogP contribution in [-0.2, 0) is 4.74 Å². The summed E-state index contributed by atoms with van der Waals surface area (Å²) in [6.07, 6.45) is 9.20. The van der Waals surface area contributed by atoms with Crippen molar-refractivity contribution in [3.8, 4) is 0 Å². The van der Waals surface area contributed by atoms with Crippen LogP contribution in [0.4, 0.5) is 0 Å².